The van der Waals surface area contributed by atoms with Crippen LogP contribution in [0.3, 0.4) is 0 Å². The van der Waals surface area contributed by atoms with E-state index in [0.717, 1.165) is 12.8 Å². The van der Waals surface area contributed by atoms with Gasteiger partial charge in [-0.15, -0.1) is 11.8 Å². The van der Waals surface area contributed by atoms with Crippen LogP contribution in [0.2, 0.25) is 0 Å². The van der Waals surface area contributed by atoms with Gasteiger partial charge in [-0.2, -0.15) is 0 Å². The highest BCUT2D eigenvalue weighted by Crippen LogP contribution is 2.30. The first-order valence-corrected chi connectivity index (χ1v) is 9.39. The van der Waals surface area contributed by atoms with Crippen LogP contribution < -0.4 is 4.90 Å². The van der Waals surface area contributed by atoms with Gasteiger partial charge in [0.1, 0.15) is 0 Å². The molecule has 1 heterocycles. The topological polar surface area (TPSA) is 23.6 Å². The Bertz CT molecular complexity index is 670. The van der Waals surface area contributed by atoms with E-state index in [0.29, 0.717) is 12.3 Å². The number of rotatable bonds is 6. The Balaban J connectivity index is 1.62. The summed E-state index contributed by atoms with van der Waals surface area (Å²) < 4.78 is 0. The summed E-state index contributed by atoms with van der Waals surface area (Å²) in [7, 11) is 4.07. The van der Waals surface area contributed by atoms with Gasteiger partial charge in [-0.25, -0.2) is 0 Å². The summed E-state index contributed by atoms with van der Waals surface area (Å²) in [5.41, 5.74) is 3.72. The van der Waals surface area contributed by atoms with Gasteiger partial charge in [0.25, 0.3) is 0 Å². The maximum atomic E-state index is 12.3. The summed E-state index contributed by atoms with van der Waals surface area (Å²) in [6.45, 7) is 0.707. The Kier molecular flexibility index (Phi) is 5.46. The van der Waals surface area contributed by atoms with Crippen LogP contribution in [0.15, 0.2) is 54.6 Å². The van der Waals surface area contributed by atoms with E-state index in [1.54, 1.807) is 11.8 Å². The minimum atomic E-state index is 0.259. The number of hydrogen-bond acceptors (Lipinski definition) is 3. The molecule has 1 amide bonds. The third kappa shape index (κ3) is 4.12. The highest BCUT2D eigenvalue weighted by Gasteiger charge is 2.31. The molecule has 4 heteroatoms. The Morgan fingerprint density at radius 1 is 1.04 bits per heavy atom. The standard InChI is InChI=1S/C20H24N2OS/c1-21(2)18-11-8-17(9-12-18)14-22-19(23)15-24-20(22)13-10-16-6-4-3-5-7-16/h3-9,11-12,20H,10,13-15H2,1-2H3. The molecule has 1 unspecified atom stereocenters. The number of anilines is 1. The molecule has 0 saturated carbocycles. The molecule has 0 aliphatic carbocycles. The fourth-order valence-electron chi connectivity index (χ4n) is 2.96. The number of thioether (sulfide) groups is 1. The largest absolute Gasteiger partial charge is 0.378 e. The van der Waals surface area contributed by atoms with Crippen molar-refractivity contribution in [2.75, 3.05) is 24.7 Å². The zero-order valence-corrected chi connectivity index (χ0v) is 15.1. The monoisotopic (exact) mass is 340 g/mol. The van der Waals surface area contributed by atoms with Gasteiger partial charge in [0.2, 0.25) is 5.91 Å². The molecule has 0 aromatic heterocycles. The molecule has 3 rings (SSSR count). The number of benzene rings is 2. The third-order valence-corrected chi connectivity index (χ3v) is 5.68. The maximum Gasteiger partial charge on any atom is 0.233 e. The quantitative estimate of drug-likeness (QED) is 0.799. The van der Waals surface area contributed by atoms with Crippen LogP contribution in [0.5, 0.6) is 0 Å². The van der Waals surface area contributed by atoms with E-state index in [1.807, 2.05) is 25.1 Å². The van der Waals surface area contributed by atoms with E-state index in [2.05, 4.69) is 53.4 Å². The predicted molar refractivity (Wildman–Crippen MR) is 102 cm³/mol. The number of amides is 1. The molecule has 1 saturated heterocycles. The van der Waals surface area contributed by atoms with Crippen LogP contribution in [0, 0.1) is 0 Å². The Hall–Kier alpha value is -1.94. The summed E-state index contributed by atoms with van der Waals surface area (Å²) in [6.07, 6.45) is 2.03. The summed E-state index contributed by atoms with van der Waals surface area (Å²) in [5.74, 6) is 0.865. The van der Waals surface area contributed by atoms with Crippen LogP contribution in [0.25, 0.3) is 0 Å². The van der Waals surface area contributed by atoms with Crippen molar-refractivity contribution in [1.29, 1.82) is 0 Å². The van der Waals surface area contributed by atoms with Crippen molar-refractivity contribution in [2.45, 2.75) is 24.8 Å². The molecule has 0 N–H and O–H groups in total. The van der Waals surface area contributed by atoms with Crippen molar-refractivity contribution in [3.63, 3.8) is 0 Å². The Labute approximate surface area is 148 Å². The second-order valence-corrected chi connectivity index (χ2v) is 7.54. The molecular weight excluding hydrogens is 316 g/mol. The van der Waals surface area contributed by atoms with Crippen molar-refractivity contribution in [3.05, 3.63) is 65.7 Å². The third-order valence-electron chi connectivity index (χ3n) is 4.40. The number of carbonyl (C=O) groups excluding carboxylic acids is 1. The van der Waals surface area contributed by atoms with E-state index >= 15 is 0 Å². The van der Waals surface area contributed by atoms with Crippen LogP contribution in [-0.4, -0.2) is 36.0 Å². The van der Waals surface area contributed by atoms with Crippen molar-refractivity contribution >= 4 is 23.4 Å². The van der Waals surface area contributed by atoms with Crippen LogP contribution in [0.4, 0.5) is 5.69 Å². The molecular formula is C20H24N2OS. The molecule has 1 atom stereocenters. The lowest BCUT2D eigenvalue weighted by molar-refractivity contribution is -0.128. The first-order valence-electron chi connectivity index (χ1n) is 8.35. The van der Waals surface area contributed by atoms with Crippen molar-refractivity contribution < 1.29 is 4.79 Å². The lowest BCUT2D eigenvalue weighted by atomic mass is 10.1. The number of aryl methyl sites for hydroxylation is 1. The molecule has 0 spiro atoms. The van der Waals surface area contributed by atoms with E-state index in [1.165, 1.54) is 16.8 Å². The minimum absolute atomic E-state index is 0.259. The lowest BCUT2D eigenvalue weighted by Crippen LogP contribution is -2.32. The summed E-state index contributed by atoms with van der Waals surface area (Å²) in [5, 5.41) is 0.284. The molecule has 2 aromatic rings. The lowest BCUT2D eigenvalue weighted by Gasteiger charge is -2.24. The summed E-state index contributed by atoms with van der Waals surface area (Å²) in [6, 6.07) is 19.0. The molecule has 2 aromatic carbocycles. The van der Waals surface area contributed by atoms with Gasteiger partial charge in [-0.05, 0) is 36.1 Å². The normalized spacial score (nSPS) is 17.3. The van der Waals surface area contributed by atoms with Crippen LogP contribution >= 0.6 is 11.8 Å². The number of carbonyl (C=O) groups is 1. The van der Waals surface area contributed by atoms with E-state index in [9.17, 15) is 4.79 Å². The molecule has 1 fully saturated rings. The zero-order valence-electron chi connectivity index (χ0n) is 14.3. The highest BCUT2D eigenvalue weighted by molar-refractivity contribution is 8.00. The van der Waals surface area contributed by atoms with Gasteiger partial charge in [-0.1, -0.05) is 42.5 Å². The Morgan fingerprint density at radius 3 is 2.42 bits per heavy atom. The number of nitrogens with zero attached hydrogens (tertiary/aromatic N) is 2. The predicted octanol–water partition coefficient (Wildman–Crippen LogP) is 3.79. The molecule has 126 valence electrons. The smallest absolute Gasteiger partial charge is 0.233 e. The molecule has 24 heavy (non-hydrogen) atoms. The van der Waals surface area contributed by atoms with E-state index < -0.39 is 0 Å². The van der Waals surface area contributed by atoms with Gasteiger partial charge in [0, 0.05) is 26.3 Å². The van der Waals surface area contributed by atoms with Crippen LogP contribution in [0.1, 0.15) is 17.5 Å². The SMILES string of the molecule is CN(C)c1ccc(CN2C(=O)CSC2CCc2ccccc2)cc1. The van der Waals surface area contributed by atoms with Gasteiger partial charge in [-0.3, -0.25) is 4.79 Å². The first-order chi connectivity index (χ1) is 11.6. The van der Waals surface area contributed by atoms with Crippen molar-refractivity contribution in [3.8, 4) is 0 Å². The fraction of sp³-hybridized carbons (Fsp3) is 0.350. The van der Waals surface area contributed by atoms with Crippen molar-refractivity contribution in [2.24, 2.45) is 0 Å². The summed E-state index contributed by atoms with van der Waals surface area (Å²) >= 11 is 1.77. The zero-order chi connectivity index (χ0) is 16.9. The average Bonchev–Trinajstić information content (AvgIpc) is 2.94. The second-order valence-electron chi connectivity index (χ2n) is 6.37. The molecule has 1 aliphatic heterocycles. The minimum Gasteiger partial charge on any atom is -0.378 e. The van der Waals surface area contributed by atoms with Gasteiger partial charge in [0.15, 0.2) is 0 Å². The average molecular weight is 340 g/mol. The maximum absolute atomic E-state index is 12.3. The van der Waals surface area contributed by atoms with Gasteiger partial charge >= 0.3 is 0 Å². The summed E-state index contributed by atoms with van der Waals surface area (Å²) in [4.78, 5) is 16.4. The molecule has 1 aliphatic rings. The van der Waals surface area contributed by atoms with Gasteiger partial charge in [0.05, 0.1) is 11.1 Å². The Morgan fingerprint density at radius 2 is 1.75 bits per heavy atom. The fourth-order valence-corrected chi connectivity index (χ4v) is 4.12. The van der Waals surface area contributed by atoms with E-state index in [4.69, 9.17) is 0 Å². The highest BCUT2D eigenvalue weighted by atomic mass is 32.2. The molecule has 0 bridgehead atoms. The van der Waals surface area contributed by atoms with Crippen molar-refractivity contribution in [1.82, 2.24) is 4.90 Å². The molecule has 0 radical (unpaired) electrons. The van der Waals surface area contributed by atoms with Gasteiger partial charge < -0.3 is 9.80 Å². The van der Waals surface area contributed by atoms with E-state index in [-0.39, 0.29) is 11.3 Å². The van der Waals surface area contributed by atoms with Crippen LogP contribution in [-0.2, 0) is 17.8 Å². The number of hydrogen-bond donors (Lipinski definition) is 0. The second kappa shape index (κ2) is 7.75. The molecule has 3 nitrogen and oxygen atoms in total. The first kappa shape index (κ1) is 16.9.